The van der Waals surface area contributed by atoms with E-state index in [0.717, 1.165) is 52.1 Å². The zero-order valence-electron chi connectivity index (χ0n) is 12.9. The summed E-state index contributed by atoms with van der Waals surface area (Å²) in [6.45, 7) is 5.86. The van der Waals surface area contributed by atoms with Gasteiger partial charge in [0.2, 0.25) is 5.91 Å². The molecule has 1 atom stereocenters. The number of methoxy groups -OCH3 is 1. The highest BCUT2D eigenvalue weighted by atomic mass is 35.5. The van der Waals surface area contributed by atoms with Gasteiger partial charge in [0.25, 0.3) is 0 Å². The standard InChI is InChI=1S/C14H28N2O3.ClH/c1-12(11-15-2)14(17)16-7-5-13(6-8-16)19-10-4-9-18-3;/h12-13,15H,4-11H2,1-3H3;1H. The lowest BCUT2D eigenvalue weighted by molar-refractivity contribution is -0.137. The van der Waals surface area contributed by atoms with Gasteiger partial charge in [0.05, 0.1) is 6.10 Å². The number of nitrogens with zero attached hydrogens (tertiary/aromatic N) is 1. The number of hydrogen-bond acceptors (Lipinski definition) is 4. The van der Waals surface area contributed by atoms with Crippen molar-refractivity contribution in [2.24, 2.45) is 5.92 Å². The minimum Gasteiger partial charge on any atom is -0.385 e. The van der Waals surface area contributed by atoms with Gasteiger partial charge in [-0.15, -0.1) is 12.4 Å². The molecule has 20 heavy (non-hydrogen) atoms. The highest BCUT2D eigenvalue weighted by Gasteiger charge is 2.25. The molecule has 0 aromatic rings. The summed E-state index contributed by atoms with van der Waals surface area (Å²) in [6.07, 6.45) is 3.14. The normalized spacial score (nSPS) is 17.6. The molecule has 1 N–H and O–H groups in total. The van der Waals surface area contributed by atoms with Crippen molar-refractivity contribution in [2.75, 3.05) is 47.0 Å². The van der Waals surface area contributed by atoms with Gasteiger partial charge < -0.3 is 19.7 Å². The molecule has 0 aromatic carbocycles. The van der Waals surface area contributed by atoms with Crippen LogP contribution < -0.4 is 5.32 Å². The molecule has 1 rings (SSSR count). The highest BCUT2D eigenvalue weighted by Crippen LogP contribution is 2.16. The lowest BCUT2D eigenvalue weighted by Crippen LogP contribution is -2.44. The molecule has 0 aliphatic carbocycles. The van der Waals surface area contributed by atoms with Crippen LogP contribution in [0.2, 0.25) is 0 Å². The zero-order chi connectivity index (χ0) is 14.1. The van der Waals surface area contributed by atoms with E-state index >= 15 is 0 Å². The monoisotopic (exact) mass is 308 g/mol. The topological polar surface area (TPSA) is 50.8 Å². The molecule has 0 radical (unpaired) electrons. The molecule has 1 aliphatic rings. The van der Waals surface area contributed by atoms with Crippen molar-refractivity contribution < 1.29 is 14.3 Å². The fourth-order valence-corrected chi connectivity index (χ4v) is 2.40. The maximum absolute atomic E-state index is 12.1. The van der Waals surface area contributed by atoms with Crippen molar-refractivity contribution in [2.45, 2.75) is 32.3 Å². The number of rotatable bonds is 8. The van der Waals surface area contributed by atoms with Crippen LogP contribution in [0.5, 0.6) is 0 Å². The predicted octanol–water partition coefficient (Wildman–Crippen LogP) is 1.31. The van der Waals surface area contributed by atoms with Crippen LogP contribution >= 0.6 is 12.4 Å². The first-order valence-electron chi connectivity index (χ1n) is 7.23. The van der Waals surface area contributed by atoms with E-state index in [1.165, 1.54) is 0 Å². The molecule has 6 heteroatoms. The molecule has 120 valence electrons. The van der Waals surface area contributed by atoms with Crippen LogP contribution in [0.1, 0.15) is 26.2 Å². The Balaban J connectivity index is 0.00000361. The summed E-state index contributed by atoms with van der Waals surface area (Å²) < 4.78 is 10.8. The molecular weight excluding hydrogens is 280 g/mol. The summed E-state index contributed by atoms with van der Waals surface area (Å²) >= 11 is 0. The van der Waals surface area contributed by atoms with Crippen LogP contribution in [-0.2, 0) is 14.3 Å². The molecular formula is C14H29ClN2O3. The molecule has 1 aliphatic heterocycles. The van der Waals surface area contributed by atoms with Crippen LogP contribution in [0.3, 0.4) is 0 Å². The number of carbonyl (C=O) groups is 1. The summed E-state index contributed by atoms with van der Waals surface area (Å²) in [6, 6.07) is 0. The van der Waals surface area contributed by atoms with Gasteiger partial charge in [-0.25, -0.2) is 0 Å². The summed E-state index contributed by atoms with van der Waals surface area (Å²) in [5.74, 6) is 0.316. The van der Waals surface area contributed by atoms with Crippen LogP contribution in [0.4, 0.5) is 0 Å². The van der Waals surface area contributed by atoms with E-state index in [-0.39, 0.29) is 24.2 Å². The van der Waals surface area contributed by atoms with E-state index in [9.17, 15) is 4.79 Å². The number of hydrogen-bond donors (Lipinski definition) is 1. The first kappa shape index (κ1) is 19.6. The van der Waals surface area contributed by atoms with Crippen LogP contribution in [0.25, 0.3) is 0 Å². The van der Waals surface area contributed by atoms with Crippen molar-refractivity contribution in [3.8, 4) is 0 Å². The quantitative estimate of drug-likeness (QED) is 0.687. The SMILES string of the molecule is CNCC(C)C(=O)N1CCC(OCCCOC)CC1.Cl. The van der Waals surface area contributed by atoms with Crippen LogP contribution in [0.15, 0.2) is 0 Å². The Morgan fingerprint density at radius 3 is 2.55 bits per heavy atom. The molecule has 1 fully saturated rings. The fraction of sp³-hybridized carbons (Fsp3) is 0.929. The van der Waals surface area contributed by atoms with Crippen molar-refractivity contribution >= 4 is 18.3 Å². The van der Waals surface area contributed by atoms with E-state index in [1.54, 1.807) is 7.11 Å². The van der Waals surface area contributed by atoms with Crippen LogP contribution in [0, 0.1) is 5.92 Å². The summed E-state index contributed by atoms with van der Waals surface area (Å²) in [4.78, 5) is 14.1. The van der Waals surface area contributed by atoms with Gasteiger partial charge in [-0.1, -0.05) is 6.92 Å². The summed E-state index contributed by atoms with van der Waals surface area (Å²) in [7, 11) is 3.58. The first-order valence-corrected chi connectivity index (χ1v) is 7.23. The molecule has 0 aromatic heterocycles. The van der Waals surface area contributed by atoms with E-state index in [2.05, 4.69) is 5.32 Å². The van der Waals surface area contributed by atoms with Gasteiger partial charge in [-0.3, -0.25) is 4.79 Å². The lowest BCUT2D eigenvalue weighted by atomic mass is 10.0. The smallest absolute Gasteiger partial charge is 0.226 e. The predicted molar refractivity (Wildman–Crippen MR) is 82.4 cm³/mol. The summed E-state index contributed by atoms with van der Waals surface area (Å²) in [5, 5.41) is 3.05. The second kappa shape index (κ2) is 11.3. The van der Waals surface area contributed by atoms with Crippen molar-refractivity contribution in [3.05, 3.63) is 0 Å². The number of piperidine rings is 1. The first-order chi connectivity index (χ1) is 9.19. The van der Waals surface area contributed by atoms with Gasteiger partial charge in [-0.2, -0.15) is 0 Å². The molecule has 1 unspecified atom stereocenters. The Hall–Kier alpha value is -0.360. The second-order valence-corrected chi connectivity index (χ2v) is 5.20. The Morgan fingerprint density at radius 2 is 2.00 bits per heavy atom. The largest absolute Gasteiger partial charge is 0.385 e. The van der Waals surface area contributed by atoms with E-state index < -0.39 is 0 Å². The van der Waals surface area contributed by atoms with Gasteiger partial charge in [0, 0.05) is 45.9 Å². The second-order valence-electron chi connectivity index (χ2n) is 5.20. The molecule has 0 bridgehead atoms. The molecule has 1 saturated heterocycles. The Kier molecular flexibility index (Phi) is 11.1. The van der Waals surface area contributed by atoms with Gasteiger partial charge in [0.15, 0.2) is 0 Å². The minimum atomic E-state index is 0. The van der Waals surface area contributed by atoms with Crippen molar-refractivity contribution in [3.63, 3.8) is 0 Å². The highest BCUT2D eigenvalue weighted by molar-refractivity contribution is 5.85. The number of amides is 1. The van der Waals surface area contributed by atoms with E-state index in [1.807, 2.05) is 18.9 Å². The Labute approximate surface area is 128 Å². The van der Waals surface area contributed by atoms with Gasteiger partial charge >= 0.3 is 0 Å². The zero-order valence-corrected chi connectivity index (χ0v) is 13.7. The molecule has 0 saturated carbocycles. The number of nitrogens with one attached hydrogen (secondary N) is 1. The van der Waals surface area contributed by atoms with Crippen molar-refractivity contribution in [1.29, 1.82) is 0 Å². The Morgan fingerprint density at radius 1 is 1.35 bits per heavy atom. The molecule has 0 spiro atoms. The molecule has 1 amide bonds. The molecule has 1 heterocycles. The lowest BCUT2D eigenvalue weighted by Gasteiger charge is -2.33. The van der Waals surface area contributed by atoms with Crippen LogP contribution in [-0.4, -0.2) is 63.9 Å². The van der Waals surface area contributed by atoms with Crippen molar-refractivity contribution in [1.82, 2.24) is 10.2 Å². The minimum absolute atomic E-state index is 0. The Bertz CT molecular complexity index is 259. The van der Waals surface area contributed by atoms with E-state index in [0.29, 0.717) is 6.10 Å². The number of carbonyl (C=O) groups excluding carboxylic acids is 1. The third kappa shape index (κ3) is 6.88. The third-order valence-electron chi connectivity index (χ3n) is 3.53. The van der Waals surface area contributed by atoms with Gasteiger partial charge in [-0.05, 0) is 26.3 Å². The molecule has 5 nitrogen and oxygen atoms in total. The number of likely N-dealkylation sites (tertiary alicyclic amines) is 1. The average molecular weight is 309 g/mol. The summed E-state index contributed by atoms with van der Waals surface area (Å²) in [5.41, 5.74) is 0. The number of ether oxygens (including phenoxy) is 2. The number of halogens is 1. The third-order valence-corrected chi connectivity index (χ3v) is 3.53. The van der Waals surface area contributed by atoms with Gasteiger partial charge in [0.1, 0.15) is 0 Å². The average Bonchev–Trinajstić information content (AvgIpc) is 2.44. The maximum atomic E-state index is 12.1. The maximum Gasteiger partial charge on any atom is 0.226 e. The fourth-order valence-electron chi connectivity index (χ4n) is 2.40. The van der Waals surface area contributed by atoms with E-state index in [4.69, 9.17) is 9.47 Å².